The van der Waals surface area contributed by atoms with Gasteiger partial charge in [0, 0.05) is 7.05 Å². The number of fused-ring (bicyclic) bond motifs is 1. The molecule has 1 aromatic carbocycles. The Bertz CT molecular complexity index is 503. The summed E-state index contributed by atoms with van der Waals surface area (Å²) in [6.07, 6.45) is 0. The van der Waals surface area contributed by atoms with Crippen LogP contribution in [0.2, 0.25) is 0 Å². The number of hydrogen-bond acceptors (Lipinski definition) is 2. The number of aryl methyl sites for hydroxylation is 1. The second-order valence-electron chi connectivity index (χ2n) is 4.98. The van der Waals surface area contributed by atoms with E-state index in [2.05, 4.69) is 44.0 Å². The number of rotatable bonds is 0. The van der Waals surface area contributed by atoms with Crippen molar-refractivity contribution in [3.63, 3.8) is 0 Å². The molecular formula is C12H17N3. The van der Waals surface area contributed by atoms with Gasteiger partial charge in [-0.1, -0.05) is 26.8 Å². The first-order chi connectivity index (χ1) is 6.89. The third-order valence-corrected chi connectivity index (χ3v) is 2.78. The van der Waals surface area contributed by atoms with Gasteiger partial charge >= 0.3 is 0 Å². The van der Waals surface area contributed by atoms with Crippen LogP contribution in [0.3, 0.4) is 0 Å². The van der Waals surface area contributed by atoms with E-state index in [0.717, 1.165) is 11.0 Å². The van der Waals surface area contributed by atoms with Crippen LogP contribution in [0.15, 0.2) is 18.2 Å². The lowest BCUT2D eigenvalue weighted by molar-refractivity contribution is 0.591. The molecule has 3 nitrogen and oxygen atoms in total. The molecule has 0 fully saturated rings. The highest BCUT2D eigenvalue weighted by atomic mass is 15.1. The second kappa shape index (κ2) is 2.99. The summed E-state index contributed by atoms with van der Waals surface area (Å²) in [7, 11) is 1.93. The monoisotopic (exact) mass is 203 g/mol. The van der Waals surface area contributed by atoms with Gasteiger partial charge in [0.05, 0.1) is 11.0 Å². The molecular weight excluding hydrogens is 186 g/mol. The number of imidazole rings is 1. The molecule has 0 aliphatic heterocycles. The first-order valence-corrected chi connectivity index (χ1v) is 5.12. The van der Waals surface area contributed by atoms with Crippen molar-refractivity contribution in [1.29, 1.82) is 0 Å². The quantitative estimate of drug-likeness (QED) is 0.714. The summed E-state index contributed by atoms with van der Waals surface area (Å²) in [6.45, 7) is 6.58. The van der Waals surface area contributed by atoms with Crippen LogP contribution in [-0.4, -0.2) is 9.55 Å². The lowest BCUT2D eigenvalue weighted by atomic mass is 9.87. The van der Waals surface area contributed by atoms with Crippen LogP contribution < -0.4 is 5.73 Å². The summed E-state index contributed by atoms with van der Waals surface area (Å²) in [6, 6.07) is 6.34. The van der Waals surface area contributed by atoms with Gasteiger partial charge in [0.1, 0.15) is 0 Å². The van der Waals surface area contributed by atoms with Crippen molar-refractivity contribution in [1.82, 2.24) is 9.55 Å². The molecule has 0 bridgehead atoms. The smallest absolute Gasteiger partial charge is 0.200 e. The van der Waals surface area contributed by atoms with E-state index in [1.165, 1.54) is 5.56 Å². The molecule has 0 unspecified atom stereocenters. The minimum atomic E-state index is 0.153. The molecule has 3 heteroatoms. The van der Waals surface area contributed by atoms with Crippen molar-refractivity contribution in [3.8, 4) is 0 Å². The standard InChI is InChI=1S/C12H17N3/c1-12(2,3)8-5-6-10-9(7-8)14-11(13)15(10)4/h5-7H,1-4H3,(H2,13,14). The molecule has 2 rings (SSSR count). The zero-order chi connectivity index (χ0) is 11.2. The van der Waals surface area contributed by atoms with Crippen molar-refractivity contribution in [2.24, 2.45) is 7.05 Å². The van der Waals surface area contributed by atoms with Crippen molar-refractivity contribution in [3.05, 3.63) is 23.8 Å². The zero-order valence-corrected chi connectivity index (χ0v) is 9.70. The Morgan fingerprint density at radius 1 is 1.27 bits per heavy atom. The summed E-state index contributed by atoms with van der Waals surface area (Å²) in [4.78, 5) is 4.33. The van der Waals surface area contributed by atoms with E-state index in [1.54, 1.807) is 0 Å². The van der Waals surface area contributed by atoms with E-state index in [9.17, 15) is 0 Å². The van der Waals surface area contributed by atoms with Gasteiger partial charge in [0.2, 0.25) is 5.95 Å². The molecule has 0 amide bonds. The minimum Gasteiger partial charge on any atom is -0.369 e. The van der Waals surface area contributed by atoms with E-state index in [4.69, 9.17) is 5.73 Å². The first-order valence-electron chi connectivity index (χ1n) is 5.12. The highest BCUT2D eigenvalue weighted by molar-refractivity contribution is 5.79. The topological polar surface area (TPSA) is 43.8 Å². The van der Waals surface area contributed by atoms with Gasteiger partial charge in [-0.25, -0.2) is 4.98 Å². The molecule has 0 saturated carbocycles. The Balaban J connectivity index is 2.67. The van der Waals surface area contributed by atoms with Gasteiger partial charge in [-0.3, -0.25) is 0 Å². The zero-order valence-electron chi connectivity index (χ0n) is 9.70. The molecule has 2 aromatic rings. The normalized spacial score (nSPS) is 12.3. The molecule has 0 saturated heterocycles. The van der Waals surface area contributed by atoms with Crippen LogP contribution in [0, 0.1) is 0 Å². The fraction of sp³-hybridized carbons (Fsp3) is 0.417. The molecule has 0 aliphatic rings. The number of nitrogens with two attached hydrogens (primary N) is 1. The second-order valence-corrected chi connectivity index (χ2v) is 4.98. The Labute approximate surface area is 89.9 Å². The highest BCUT2D eigenvalue weighted by Gasteiger charge is 2.15. The Hall–Kier alpha value is -1.51. The van der Waals surface area contributed by atoms with Gasteiger partial charge < -0.3 is 10.3 Å². The summed E-state index contributed by atoms with van der Waals surface area (Å²) in [5.74, 6) is 0.566. The fourth-order valence-corrected chi connectivity index (χ4v) is 1.68. The number of benzene rings is 1. The number of hydrogen-bond donors (Lipinski definition) is 1. The maximum absolute atomic E-state index is 5.76. The molecule has 0 atom stereocenters. The van der Waals surface area contributed by atoms with Gasteiger partial charge in [0.15, 0.2) is 0 Å². The minimum absolute atomic E-state index is 0.153. The molecule has 15 heavy (non-hydrogen) atoms. The van der Waals surface area contributed by atoms with Gasteiger partial charge in [-0.2, -0.15) is 0 Å². The SMILES string of the molecule is Cn1c(N)nc2cc(C(C)(C)C)ccc21. The van der Waals surface area contributed by atoms with Gasteiger partial charge in [-0.15, -0.1) is 0 Å². The predicted octanol–water partition coefficient (Wildman–Crippen LogP) is 2.45. The summed E-state index contributed by atoms with van der Waals surface area (Å²) >= 11 is 0. The van der Waals surface area contributed by atoms with E-state index in [1.807, 2.05) is 11.6 Å². The average molecular weight is 203 g/mol. The maximum atomic E-state index is 5.76. The highest BCUT2D eigenvalue weighted by Crippen LogP contribution is 2.26. The van der Waals surface area contributed by atoms with Crippen molar-refractivity contribution in [2.75, 3.05) is 5.73 Å². The molecule has 1 heterocycles. The number of aromatic nitrogens is 2. The van der Waals surface area contributed by atoms with Crippen LogP contribution in [0.1, 0.15) is 26.3 Å². The molecule has 80 valence electrons. The van der Waals surface area contributed by atoms with Crippen LogP contribution in [-0.2, 0) is 12.5 Å². The lowest BCUT2D eigenvalue weighted by Crippen LogP contribution is -2.10. The van der Waals surface area contributed by atoms with Gasteiger partial charge in [0.25, 0.3) is 0 Å². The van der Waals surface area contributed by atoms with Crippen LogP contribution in [0.5, 0.6) is 0 Å². The van der Waals surface area contributed by atoms with E-state index >= 15 is 0 Å². The maximum Gasteiger partial charge on any atom is 0.200 e. The van der Waals surface area contributed by atoms with Crippen molar-refractivity contribution in [2.45, 2.75) is 26.2 Å². The van der Waals surface area contributed by atoms with Crippen LogP contribution >= 0.6 is 0 Å². The lowest BCUT2D eigenvalue weighted by Gasteiger charge is -2.18. The first kappa shape index (κ1) is 10.0. The molecule has 2 N–H and O–H groups in total. The van der Waals surface area contributed by atoms with E-state index in [-0.39, 0.29) is 5.41 Å². The average Bonchev–Trinajstić information content (AvgIpc) is 2.41. The Morgan fingerprint density at radius 3 is 2.53 bits per heavy atom. The van der Waals surface area contributed by atoms with E-state index in [0.29, 0.717) is 5.95 Å². The summed E-state index contributed by atoms with van der Waals surface area (Å²) in [5, 5.41) is 0. The number of nitrogen functional groups attached to an aromatic ring is 1. The Morgan fingerprint density at radius 2 is 1.93 bits per heavy atom. The number of anilines is 1. The largest absolute Gasteiger partial charge is 0.369 e. The van der Waals surface area contributed by atoms with Crippen molar-refractivity contribution >= 4 is 17.0 Å². The third-order valence-electron chi connectivity index (χ3n) is 2.78. The fourth-order valence-electron chi connectivity index (χ4n) is 1.68. The van der Waals surface area contributed by atoms with Crippen LogP contribution in [0.4, 0.5) is 5.95 Å². The molecule has 1 aromatic heterocycles. The predicted molar refractivity (Wildman–Crippen MR) is 63.8 cm³/mol. The number of nitrogens with zero attached hydrogens (tertiary/aromatic N) is 2. The van der Waals surface area contributed by atoms with Crippen LogP contribution in [0.25, 0.3) is 11.0 Å². The Kier molecular flexibility index (Phi) is 2.00. The molecule has 0 spiro atoms. The van der Waals surface area contributed by atoms with E-state index < -0.39 is 0 Å². The summed E-state index contributed by atoms with van der Waals surface area (Å²) < 4.78 is 1.90. The van der Waals surface area contributed by atoms with Crippen molar-refractivity contribution < 1.29 is 0 Å². The summed E-state index contributed by atoms with van der Waals surface area (Å²) in [5.41, 5.74) is 9.26. The molecule has 0 radical (unpaired) electrons. The third kappa shape index (κ3) is 1.58. The molecule has 0 aliphatic carbocycles. The van der Waals surface area contributed by atoms with Gasteiger partial charge in [-0.05, 0) is 23.1 Å².